The van der Waals surface area contributed by atoms with Gasteiger partial charge in [0.15, 0.2) is 0 Å². The molecule has 1 atom stereocenters. The lowest BCUT2D eigenvalue weighted by molar-refractivity contribution is 1.11. The van der Waals surface area contributed by atoms with E-state index in [0.717, 1.165) is 0 Å². The first-order valence-electron chi connectivity index (χ1n) is 3.97. The lowest BCUT2D eigenvalue weighted by Gasteiger charge is -2.09. The molecule has 0 spiro atoms. The zero-order valence-corrected chi connectivity index (χ0v) is 8.19. The third kappa shape index (κ3) is 2.70. The molecule has 0 radical (unpaired) electrons. The summed E-state index contributed by atoms with van der Waals surface area (Å²) in [5.74, 6) is 0. The number of hydrogen-bond donors (Lipinski definition) is 1. The average molecular weight is 179 g/mol. The number of thioether (sulfide) groups is 1. The number of hydrogen-bond acceptors (Lipinski definition) is 2. The Labute approximate surface area is 77.7 Å². The fraction of sp³-hybridized carbons (Fsp3) is 0.300. The van der Waals surface area contributed by atoms with Crippen molar-refractivity contribution in [3.8, 4) is 0 Å². The van der Waals surface area contributed by atoms with Gasteiger partial charge in [0.2, 0.25) is 0 Å². The molecule has 1 nitrogen and oxygen atoms in total. The van der Waals surface area contributed by atoms with E-state index in [4.69, 9.17) is 5.41 Å². The van der Waals surface area contributed by atoms with Crippen molar-refractivity contribution in [3.63, 3.8) is 0 Å². The van der Waals surface area contributed by atoms with Gasteiger partial charge in [0.25, 0.3) is 0 Å². The van der Waals surface area contributed by atoms with Gasteiger partial charge >= 0.3 is 0 Å². The van der Waals surface area contributed by atoms with E-state index in [1.165, 1.54) is 5.56 Å². The van der Waals surface area contributed by atoms with Gasteiger partial charge in [-0.25, -0.2) is 0 Å². The van der Waals surface area contributed by atoms with Gasteiger partial charge in [0, 0.05) is 5.25 Å². The summed E-state index contributed by atoms with van der Waals surface area (Å²) in [7, 11) is 0. The van der Waals surface area contributed by atoms with E-state index in [1.807, 2.05) is 25.1 Å². The quantitative estimate of drug-likeness (QED) is 0.545. The molecule has 2 heteroatoms. The van der Waals surface area contributed by atoms with Crippen LogP contribution in [-0.4, -0.2) is 5.04 Å². The highest BCUT2D eigenvalue weighted by Gasteiger charge is 2.05. The molecule has 0 aromatic heterocycles. The Kier molecular flexibility index (Phi) is 3.35. The minimum Gasteiger partial charge on any atom is -0.299 e. The van der Waals surface area contributed by atoms with Gasteiger partial charge in [-0.15, -0.1) is 11.8 Å². The fourth-order valence-electron chi connectivity index (χ4n) is 1.06. The van der Waals surface area contributed by atoms with E-state index in [-0.39, 0.29) is 0 Å². The highest BCUT2D eigenvalue weighted by atomic mass is 32.2. The highest BCUT2D eigenvalue weighted by Crippen LogP contribution is 2.27. The zero-order valence-electron chi connectivity index (χ0n) is 7.37. The third-order valence-electron chi connectivity index (χ3n) is 1.62. The molecule has 0 aliphatic carbocycles. The summed E-state index contributed by atoms with van der Waals surface area (Å²) < 4.78 is 0. The van der Waals surface area contributed by atoms with Crippen molar-refractivity contribution in [2.75, 3.05) is 0 Å². The minimum atomic E-state index is 0.392. The topological polar surface area (TPSA) is 23.9 Å². The molecule has 0 bridgehead atoms. The fourth-order valence-corrected chi connectivity index (χ4v) is 1.88. The first kappa shape index (κ1) is 9.33. The minimum absolute atomic E-state index is 0.392. The molecular weight excluding hydrogens is 166 g/mol. The van der Waals surface area contributed by atoms with Crippen LogP contribution in [0.25, 0.3) is 0 Å². The lowest BCUT2D eigenvalue weighted by atomic mass is 10.2. The van der Waals surface area contributed by atoms with Crippen molar-refractivity contribution >= 4 is 16.8 Å². The zero-order chi connectivity index (χ0) is 8.97. The van der Waals surface area contributed by atoms with Gasteiger partial charge in [-0.05, 0) is 19.4 Å². The van der Waals surface area contributed by atoms with Crippen molar-refractivity contribution in [1.29, 1.82) is 5.41 Å². The second-order valence-electron chi connectivity index (χ2n) is 2.73. The van der Waals surface area contributed by atoms with E-state index in [1.54, 1.807) is 11.8 Å². The Bertz CT molecular complexity index is 256. The summed E-state index contributed by atoms with van der Waals surface area (Å²) in [6.07, 6.45) is 0. The molecule has 0 amide bonds. The maximum absolute atomic E-state index is 7.34. The van der Waals surface area contributed by atoms with Crippen LogP contribution in [0.3, 0.4) is 0 Å². The Morgan fingerprint density at radius 2 is 1.92 bits per heavy atom. The van der Waals surface area contributed by atoms with Crippen molar-refractivity contribution in [3.05, 3.63) is 35.9 Å². The summed E-state index contributed by atoms with van der Waals surface area (Å²) in [5.41, 5.74) is 1.29. The molecule has 0 fully saturated rings. The second kappa shape index (κ2) is 4.31. The van der Waals surface area contributed by atoms with Crippen LogP contribution in [0.1, 0.15) is 24.7 Å². The summed E-state index contributed by atoms with van der Waals surface area (Å²) >= 11 is 1.59. The maximum Gasteiger partial charge on any atom is 0.0616 e. The van der Waals surface area contributed by atoms with E-state index in [0.29, 0.717) is 10.3 Å². The summed E-state index contributed by atoms with van der Waals surface area (Å²) in [5, 5.41) is 8.40. The molecule has 1 aromatic carbocycles. The molecule has 0 aliphatic rings. The smallest absolute Gasteiger partial charge is 0.0616 e. The molecule has 0 heterocycles. The average Bonchev–Trinajstić information content (AvgIpc) is 2.05. The van der Waals surface area contributed by atoms with Gasteiger partial charge in [-0.1, -0.05) is 30.3 Å². The summed E-state index contributed by atoms with van der Waals surface area (Å²) in [4.78, 5) is 0. The summed E-state index contributed by atoms with van der Waals surface area (Å²) in [6.45, 7) is 3.95. The number of nitrogens with one attached hydrogen (secondary N) is 1. The third-order valence-corrected chi connectivity index (χ3v) is 2.60. The molecule has 0 aliphatic heterocycles. The SMILES string of the molecule is CC(=N)SC(C)c1ccccc1. The van der Waals surface area contributed by atoms with Crippen molar-refractivity contribution < 1.29 is 0 Å². The van der Waals surface area contributed by atoms with E-state index < -0.39 is 0 Å². The molecule has 1 aromatic rings. The lowest BCUT2D eigenvalue weighted by Crippen LogP contribution is -1.90. The van der Waals surface area contributed by atoms with Crippen LogP contribution < -0.4 is 0 Å². The normalized spacial score (nSPS) is 12.5. The number of benzene rings is 1. The monoisotopic (exact) mass is 179 g/mol. The maximum atomic E-state index is 7.34. The Hall–Kier alpha value is -0.760. The predicted molar refractivity (Wildman–Crippen MR) is 55.8 cm³/mol. The van der Waals surface area contributed by atoms with E-state index in [9.17, 15) is 0 Å². The molecule has 1 unspecified atom stereocenters. The van der Waals surface area contributed by atoms with E-state index >= 15 is 0 Å². The van der Waals surface area contributed by atoms with Gasteiger partial charge in [-0.3, -0.25) is 5.41 Å². The van der Waals surface area contributed by atoms with Crippen LogP contribution in [0.15, 0.2) is 30.3 Å². The summed E-state index contributed by atoms with van der Waals surface area (Å²) in [6, 6.07) is 10.3. The Morgan fingerprint density at radius 1 is 1.33 bits per heavy atom. The van der Waals surface area contributed by atoms with E-state index in [2.05, 4.69) is 19.1 Å². The Balaban J connectivity index is 2.65. The van der Waals surface area contributed by atoms with Gasteiger partial charge < -0.3 is 0 Å². The highest BCUT2D eigenvalue weighted by molar-refractivity contribution is 8.13. The second-order valence-corrected chi connectivity index (χ2v) is 4.28. The Morgan fingerprint density at radius 3 is 2.42 bits per heavy atom. The van der Waals surface area contributed by atoms with Crippen LogP contribution in [0.2, 0.25) is 0 Å². The first-order chi connectivity index (χ1) is 5.70. The van der Waals surface area contributed by atoms with Crippen LogP contribution in [0, 0.1) is 5.41 Å². The molecular formula is C10H13NS. The number of rotatable bonds is 2. The molecule has 0 saturated heterocycles. The van der Waals surface area contributed by atoms with Crippen molar-refractivity contribution in [1.82, 2.24) is 0 Å². The van der Waals surface area contributed by atoms with Gasteiger partial charge in [0.1, 0.15) is 0 Å². The van der Waals surface area contributed by atoms with Gasteiger partial charge in [0.05, 0.1) is 5.04 Å². The molecule has 1 N–H and O–H groups in total. The molecule has 64 valence electrons. The first-order valence-corrected chi connectivity index (χ1v) is 4.85. The van der Waals surface area contributed by atoms with Gasteiger partial charge in [-0.2, -0.15) is 0 Å². The molecule has 0 saturated carbocycles. The molecule has 12 heavy (non-hydrogen) atoms. The van der Waals surface area contributed by atoms with Crippen LogP contribution in [-0.2, 0) is 0 Å². The van der Waals surface area contributed by atoms with Crippen molar-refractivity contribution in [2.24, 2.45) is 0 Å². The van der Waals surface area contributed by atoms with Crippen LogP contribution >= 0.6 is 11.8 Å². The van der Waals surface area contributed by atoms with Crippen molar-refractivity contribution in [2.45, 2.75) is 19.1 Å². The largest absolute Gasteiger partial charge is 0.299 e. The molecule has 1 rings (SSSR count). The standard InChI is InChI=1S/C10H13NS/c1-8(12-9(2)11)10-6-4-3-5-7-10/h3-8,11H,1-2H3. The van der Waals surface area contributed by atoms with Crippen LogP contribution in [0.4, 0.5) is 0 Å². The van der Waals surface area contributed by atoms with Crippen LogP contribution in [0.5, 0.6) is 0 Å². The predicted octanol–water partition coefficient (Wildman–Crippen LogP) is 3.48.